The van der Waals surface area contributed by atoms with Crippen LogP contribution >= 0.6 is 0 Å². The van der Waals surface area contributed by atoms with Crippen LogP contribution in [0.3, 0.4) is 0 Å². The monoisotopic (exact) mass is 480 g/mol. The maximum atomic E-state index is 13.2. The minimum absolute atomic E-state index is 0.0994. The minimum Gasteiger partial charge on any atom is -0.368 e. The molecule has 2 amide bonds. The number of nitrogens with one attached hydrogen (secondary N) is 2. The minimum atomic E-state index is -0.331. The Bertz CT molecular complexity index is 1410. The fraction of sp³-hybridized carbons (Fsp3) is 0.138. The lowest BCUT2D eigenvalue weighted by molar-refractivity contribution is -0.106. The van der Waals surface area contributed by atoms with Crippen molar-refractivity contribution in [2.75, 3.05) is 29.1 Å². The first-order valence-electron chi connectivity index (χ1n) is 11.6. The van der Waals surface area contributed by atoms with Gasteiger partial charge >= 0.3 is 6.03 Å². The van der Waals surface area contributed by atoms with Gasteiger partial charge in [-0.15, -0.1) is 0 Å². The zero-order valence-corrected chi connectivity index (χ0v) is 20.3. The molecular formula is C29H28N4O3. The molecule has 0 aliphatic heterocycles. The summed E-state index contributed by atoms with van der Waals surface area (Å²) >= 11 is 0. The number of pyridine rings is 1. The maximum absolute atomic E-state index is 13.2. The number of likely N-dealkylation sites (N-methyl/N-ethyl adjacent to an activating group) is 1. The summed E-state index contributed by atoms with van der Waals surface area (Å²) in [5.74, 6) is 0. The van der Waals surface area contributed by atoms with Gasteiger partial charge in [0.25, 0.3) is 5.56 Å². The van der Waals surface area contributed by atoms with Gasteiger partial charge in [0.2, 0.25) is 0 Å². The maximum Gasteiger partial charge on any atom is 0.323 e. The van der Waals surface area contributed by atoms with Crippen molar-refractivity contribution in [3.05, 3.63) is 113 Å². The average molecular weight is 481 g/mol. The standard InChI is InChI=1S/C29H28N4O3/c1-21-6-3-4-8-27(21)31-29(36)30-24-13-11-23(12-14-24)26-7-5-17-33(28(26)35)20-22-9-15-25(16-10-22)32(2)18-19-34/h3-17,19H,18,20H2,1-2H3,(H2,30,31,36). The highest BCUT2D eigenvalue weighted by Gasteiger charge is 2.09. The van der Waals surface area contributed by atoms with Crippen LogP contribution in [0.1, 0.15) is 11.1 Å². The number of hydrogen-bond donors (Lipinski definition) is 2. The predicted octanol–water partition coefficient (Wildman–Crippen LogP) is 5.15. The van der Waals surface area contributed by atoms with Gasteiger partial charge in [0.15, 0.2) is 0 Å². The third-order valence-electron chi connectivity index (χ3n) is 5.95. The lowest BCUT2D eigenvalue weighted by atomic mass is 10.1. The van der Waals surface area contributed by atoms with Gasteiger partial charge in [0.05, 0.1) is 13.1 Å². The Morgan fingerprint density at radius 2 is 1.64 bits per heavy atom. The molecule has 2 N–H and O–H groups in total. The SMILES string of the molecule is Cc1ccccc1NC(=O)Nc1ccc(-c2cccn(Cc3ccc(N(C)CC=O)cc3)c2=O)cc1. The van der Waals surface area contributed by atoms with Gasteiger partial charge in [-0.3, -0.25) is 4.79 Å². The third kappa shape index (κ3) is 5.88. The van der Waals surface area contributed by atoms with Crippen molar-refractivity contribution < 1.29 is 9.59 Å². The Hall–Kier alpha value is -4.65. The Morgan fingerprint density at radius 1 is 0.917 bits per heavy atom. The first-order chi connectivity index (χ1) is 17.4. The van der Waals surface area contributed by atoms with Crippen LogP contribution in [0.15, 0.2) is 95.9 Å². The van der Waals surface area contributed by atoms with E-state index in [0.29, 0.717) is 24.3 Å². The van der Waals surface area contributed by atoms with Crippen LogP contribution in [0.5, 0.6) is 0 Å². The largest absolute Gasteiger partial charge is 0.368 e. The molecule has 182 valence electrons. The molecule has 0 saturated heterocycles. The average Bonchev–Trinajstić information content (AvgIpc) is 2.88. The Labute approximate surface area is 210 Å². The number of carbonyl (C=O) groups excluding carboxylic acids is 2. The first kappa shape index (κ1) is 24.5. The van der Waals surface area contributed by atoms with Crippen LogP contribution in [0, 0.1) is 6.92 Å². The second-order valence-corrected chi connectivity index (χ2v) is 8.54. The molecule has 0 unspecified atom stereocenters. The van der Waals surface area contributed by atoms with E-state index in [0.717, 1.165) is 34.4 Å². The quantitative estimate of drug-likeness (QED) is 0.342. The van der Waals surface area contributed by atoms with E-state index in [1.807, 2.05) is 85.6 Å². The van der Waals surface area contributed by atoms with E-state index in [9.17, 15) is 14.4 Å². The fourth-order valence-electron chi connectivity index (χ4n) is 3.88. The van der Waals surface area contributed by atoms with E-state index in [1.54, 1.807) is 29.0 Å². The van der Waals surface area contributed by atoms with Crippen molar-refractivity contribution in [2.45, 2.75) is 13.5 Å². The molecule has 0 radical (unpaired) electrons. The third-order valence-corrected chi connectivity index (χ3v) is 5.95. The Balaban J connectivity index is 1.45. The number of urea groups is 1. The second-order valence-electron chi connectivity index (χ2n) is 8.54. The molecule has 0 atom stereocenters. The van der Waals surface area contributed by atoms with Crippen LogP contribution < -0.4 is 21.1 Å². The number of para-hydroxylation sites is 1. The molecule has 0 aliphatic carbocycles. The molecule has 7 heteroatoms. The molecule has 0 fully saturated rings. The van der Waals surface area contributed by atoms with Crippen LogP contribution in [0.25, 0.3) is 11.1 Å². The normalized spacial score (nSPS) is 10.5. The van der Waals surface area contributed by atoms with Crippen molar-refractivity contribution >= 4 is 29.4 Å². The smallest absolute Gasteiger partial charge is 0.323 e. The number of hydrogen-bond acceptors (Lipinski definition) is 4. The van der Waals surface area contributed by atoms with E-state index in [4.69, 9.17) is 0 Å². The number of carbonyl (C=O) groups is 2. The molecule has 1 heterocycles. The summed E-state index contributed by atoms with van der Waals surface area (Å²) in [5.41, 5.74) is 5.52. The zero-order chi connectivity index (χ0) is 25.5. The van der Waals surface area contributed by atoms with Gasteiger partial charge in [0.1, 0.15) is 6.29 Å². The van der Waals surface area contributed by atoms with Crippen LogP contribution in [0.2, 0.25) is 0 Å². The molecule has 4 aromatic rings. The van der Waals surface area contributed by atoms with E-state index < -0.39 is 0 Å². The van der Waals surface area contributed by atoms with E-state index >= 15 is 0 Å². The van der Waals surface area contributed by atoms with E-state index in [2.05, 4.69) is 10.6 Å². The van der Waals surface area contributed by atoms with Crippen LogP contribution in [-0.2, 0) is 11.3 Å². The number of nitrogens with zero attached hydrogens (tertiary/aromatic N) is 2. The van der Waals surface area contributed by atoms with Crippen molar-refractivity contribution in [3.63, 3.8) is 0 Å². The molecule has 0 aliphatic rings. The van der Waals surface area contributed by atoms with Crippen molar-refractivity contribution in [2.24, 2.45) is 0 Å². The number of anilines is 3. The van der Waals surface area contributed by atoms with E-state index in [1.165, 1.54) is 0 Å². The number of aromatic nitrogens is 1. The molecular weight excluding hydrogens is 452 g/mol. The molecule has 36 heavy (non-hydrogen) atoms. The number of aldehydes is 1. The van der Waals surface area contributed by atoms with Gasteiger partial charge in [0, 0.05) is 35.9 Å². The molecule has 1 aromatic heterocycles. The summed E-state index contributed by atoms with van der Waals surface area (Å²) in [6, 6.07) is 25.9. The Morgan fingerprint density at radius 3 is 2.33 bits per heavy atom. The number of benzene rings is 3. The van der Waals surface area contributed by atoms with Crippen LogP contribution in [-0.4, -0.2) is 30.5 Å². The summed E-state index contributed by atoms with van der Waals surface area (Å²) in [6.45, 7) is 2.69. The first-order valence-corrected chi connectivity index (χ1v) is 11.6. The lowest BCUT2D eigenvalue weighted by Gasteiger charge is -2.16. The van der Waals surface area contributed by atoms with Gasteiger partial charge in [-0.2, -0.15) is 0 Å². The summed E-state index contributed by atoms with van der Waals surface area (Å²) in [7, 11) is 1.86. The highest BCUT2D eigenvalue weighted by Crippen LogP contribution is 2.20. The van der Waals surface area contributed by atoms with Gasteiger partial charge in [-0.1, -0.05) is 42.5 Å². The van der Waals surface area contributed by atoms with Crippen molar-refractivity contribution in [3.8, 4) is 11.1 Å². The molecule has 0 spiro atoms. The topological polar surface area (TPSA) is 83.4 Å². The second kappa shape index (κ2) is 11.2. The zero-order valence-electron chi connectivity index (χ0n) is 20.3. The summed E-state index contributed by atoms with van der Waals surface area (Å²) in [5, 5.41) is 5.66. The van der Waals surface area contributed by atoms with Gasteiger partial charge < -0.3 is 24.9 Å². The molecule has 4 rings (SSSR count). The highest BCUT2D eigenvalue weighted by atomic mass is 16.2. The molecule has 7 nitrogen and oxygen atoms in total. The number of aryl methyl sites for hydroxylation is 1. The number of amides is 2. The summed E-state index contributed by atoms with van der Waals surface area (Å²) in [4.78, 5) is 38.1. The number of rotatable bonds is 8. The van der Waals surface area contributed by atoms with Gasteiger partial charge in [-0.05, 0) is 66.1 Å². The highest BCUT2D eigenvalue weighted by molar-refractivity contribution is 6.00. The van der Waals surface area contributed by atoms with Gasteiger partial charge in [-0.25, -0.2) is 4.79 Å². The van der Waals surface area contributed by atoms with Crippen molar-refractivity contribution in [1.82, 2.24) is 4.57 Å². The molecule has 0 bridgehead atoms. The summed E-state index contributed by atoms with van der Waals surface area (Å²) < 4.78 is 1.67. The lowest BCUT2D eigenvalue weighted by Crippen LogP contribution is -2.22. The van der Waals surface area contributed by atoms with Crippen molar-refractivity contribution in [1.29, 1.82) is 0 Å². The van der Waals surface area contributed by atoms with E-state index in [-0.39, 0.29) is 11.6 Å². The molecule has 3 aromatic carbocycles. The fourth-order valence-corrected chi connectivity index (χ4v) is 3.88. The van der Waals surface area contributed by atoms with Crippen LogP contribution in [0.4, 0.5) is 21.9 Å². The summed E-state index contributed by atoms with van der Waals surface area (Å²) in [6.07, 6.45) is 2.63. The molecule has 0 saturated carbocycles. The Kier molecular flexibility index (Phi) is 7.60. The predicted molar refractivity (Wildman–Crippen MR) is 145 cm³/mol.